The number of nitrogens with zero attached hydrogens (tertiary/aromatic N) is 2. The number of nitrogens with two attached hydrogens (primary N) is 1. The molecule has 2 heterocycles. The minimum atomic E-state index is -0.281. The van der Waals surface area contributed by atoms with Crippen LogP contribution < -0.4 is 31.4 Å². The number of aryl methyl sites for hydroxylation is 1. The Hall–Kier alpha value is -4.01. The fourth-order valence-electron chi connectivity index (χ4n) is 2.88. The highest BCUT2D eigenvalue weighted by Gasteiger charge is 2.14. The van der Waals surface area contributed by atoms with Gasteiger partial charge in [0.1, 0.15) is 12.0 Å². The largest absolute Gasteiger partial charge is 0.454 e. The van der Waals surface area contributed by atoms with E-state index in [2.05, 4.69) is 26.1 Å². The highest BCUT2D eigenvalue weighted by molar-refractivity contribution is 5.96. The van der Waals surface area contributed by atoms with E-state index in [4.69, 9.17) is 15.2 Å². The maximum Gasteiger partial charge on any atom is 0.269 e. The Bertz CT molecular complexity index is 1060. The second-order valence-electron chi connectivity index (χ2n) is 6.42. The number of ether oxygens (including phenoxy) is 2. The first-order valence-electron chi connectivity index (χ1n) is 8.96. The highest BCUT2D eigenvalue weighted by Crippen LogP contribution is 2.32. The lowest BCUT2D eigenvalue weighted by atomic mass is 10.1. The van der Waals surface area contributed by atoms with Crippen LogP contribution in [-0.2, 0) is 6.54 Å². The van der Waals surface area contributed by atoms with Crippen LogP contribution >= 0.6 is 0 Å². The predicted molar refractivity (Wildman–Crippen MR) is 109 cm³/mol. The van der Waals surface area contributed by atoms with Gasteiger partial charge in [0.25, 0.3) is 5.91 Å². The Kier molecular flexibility index (Phi) is 5.02. The molecule has 9 heteroatoms. The molecule has 1 amide bonds. The number of benzene rings is 2. The van der Waals surface area contributed by atoms with E-state index in [-0.39, 0.29) is 12.7 Å². The molecule has 1 aliphatic rings. The molecule has 0 fully saturated rings. The smallest absolute Gasteiger partial charge is 0.269 e. The van der Waals surface area contributed by atoms with Gasteiger partial charge in [-0.05, 0) is 36.2 Å². The number of carbonyl (C=O) groups excluding carboxylic acids is 1. The molecular weight excluding hydrogens is 372 g/mol. The van der Waals surface area contributed by atoms with E-state index in [0.717, 1.165) is 16.9 Å². The third kappa shape index (κ3) is 3.98. The van der Waals surface area contributed by atoms with Gasteiger partial charge in [-0.1, -0.05) is 24.3 Å². The normalized spacial score (nSPS) is 11.8. The summed E-state index contributed by atoms with van der Waals surface area (Å²) < 4.78 is 10.7. The molecule has 0 bridgehead atoms. The minimum absolute atomic E-state index is 0.230. The Morgan fingerprint density at radius 3 is 2.76 bits per heavy atom. The molecule has 29 heavy (non-hydrogen) atoms. The number of amides is 1. The Morgan fingerprint density at radius 1 is 1.10 bits per heavy atom. The highest BCUT2D eigenvalue weighted by atomic mass is 16.7. The van der Waals surface area contributed by atoms with Crippen LogP contribution in [-0.4, -0.2) is 22.7 Å². The quantitative estimate of drug-likeness (QED) is 0.472. The first-order chi connectivity index (χ1) is 14.1. The van der Waals surface area contributed by atoms with Gasteiger partial charge in [0.2, 0.25) is 6.79 Å². The van der Waals surface area contributed by atoms with Crippen LogP contribution in [0.5, 0.6) is 11.5 Å². The lowest BCUT2D eigenvalue weighted by molar-refractivity contribution is 0.0962. The monoisotopic (exact) mass is 392 g/mol. The molecule has 0 atom stereocenters. The Labute approximate surface area is 167 Å². The molecule has 4 rings (SSSR count). The van der Waals surface area contributed by atoms with Crippen molar-refractivity contribution in [2.75, 3.05) is 23.3 Å². The maximum absolute atomic E-state index is 12.3. The summed E-state index contributed by atoms with van der Waals surface area (Å²) in [7, 11) is 0. The van der Waals surface area contributed by atoms with Crippen molar-refractivity contribution in [1.82, 2.24) is 15.4 Å². The number of aromatic nitrogens is 2. The van der Waals surface area contributed by atoms with Crippen molar-refractivity contribution in [1.29, 1.82) is 0 Å². The lowest BCUT2D eigenvalue weighted by Crippen LogP contribution is -2.31. The summed E-state index contributed by atoms with van der Waals surface area (Å²) in [5.41, 5.74) is 14.2. The topological polar surface area (TPSA) is 123 Å². The molecule has 0 spiro atoms. The number of nitrogen functional groups attached to an aromatic ring is 1. The molecule has 148 valence electrons. The van der Waals surface area contributed by atoms with Crippen LogP contribution in [0.15, 0.2) is 48.8 Å². The zero-order valence-electron chi connectivity index (χ0n) is 15.7. The van der Waals surface area contributed by atoms with Crippen LogP contribution in [0, 0.1) is 6.92 Å². The van der Waals surface area contributed by atoms with Gasteiger partial charge in [0, 0.05) is 12.1 Å². The number of fused-ring (bicyclic) bond motifs is 1. The van der Waals surface area contributed by atoms with Crippen molar-refractivity contribution in [3.05, 3.63) is 65.5 Å². The van der Waals surface area contributed by atoms with Crippen molar-refractivity contribution >= 4 is 23.2 Å². The van der Waals surface area contributed by atoms with Gasteiger partial charge < -0.3 is 20.5 Å². The number of hydrazine groups is 1. The van der Waals surface area contributed by atoms with Crippen LogP contribution in [0.1, 0.15) is 21.5 Å². The van der Waals surface area contributed by atoms with E-state index in [1.54, 1.807) is 12.1 Å². The standard InChI is InChI=1S/C20H20N6O3/c1-12-4-2-3-5-14(12)20(27)26-25-19-17(21)18(23-10-24-19)22-9-13-6-7-15-16(8-13)29-11-28-15/h2-8,10H,9,11,21H2,1H3,(H,26,27)(H2,22,23,24,25). The second-order valence-corrected chi connectivity index (χ2v) is 6.42. The SMILES string of the molecule is Cc1ccccc1C(=O)NNc1ncnc(NCc2ccc3c(c2)OCO3)c1N. The lowest BCUT2D eigenvalue weighted by Gasteiger charge is -2.14. The zero-order chi connectivity index (χ0) is 20.2. The molecule has 1 aromatic heterocycles. The van der Waals surface area contributed by atoms with Crippen molar-refractivity contribution in [2.24, 2.45) is 0 Å². The van der Waals surface area contributed by atoms with Gasteiger partial charge in [0.15, 0.2) is 23.1 Å². The summed E-state index contributed by atoms with van der Waals surface area (Å²) in [4.78, 5) is 20.6. The van der Waals surface area contributed by atoms with Crippen LogP contribution in [0.25, 0.3) is 0 Å². The number of nitrogens with one attached hydrogen (secondary N) is 3. The van der Waals surface area contributed by atoms with Crippen molar-refractivity contribution in [3.8, 4) is 11.5 Å². The average Bonchev–Trinajstić information content (AvgIpc) is 3.20. The number of hydrogen-bond donors (Lipinski definition) is 4. The maximum atomic E-state index is 12.3. The molecule has 0 radical (unpaired) electrons. The van der Waals surface area contributed by atoms with Gasteiger partial charge in [-0.15, -0.1) is 0 Å². The molecule has 1 aliphatic heterocycles. The van der Waals surface area contributed by atoms with Gasteiger partial charge in [0.05, 0.1) is 0 Å². The van der Waals surface area contributed by atoms with Crippen molar-refractivity contribution < 1.29 is 14.3 Å². The van der Waals surface area contributed by atoms with Gasteiger partial charge in [-0.2, -0.15) is 0 Å². The summed E-state index contributed by atoms with van der Waals surface area (Å²) >= 11 is 0. The van der Waals surface area contributed by atoms with E-state index in [1.165, 1.54) is 6.33 Å². The predicted octanol–water partition coefficient (Wildman–Crippen LogP) is 2.46. The molecule has 0 aliphatic carbocycles. The summed E-state index contributed by atoms with van der Waals surface area (Å²) in [5, 5.41) is 3.16. The summed E-state index contributed by atoms with van der Waals surface area (Å²) in [6.07, 6.45) is 1.36. The zero-order valence-corrected chi connectivity index (χ0v) is 15.7. The summed E-state index contributed by atoms with van der Waals surface area (Å²) in [5.74, 6) is 1.91. The molecule has 3 aromatic rings. The summed E-state index contributed by atoms with van der Waals surface area (Å²) in [6, 6.07) is 13.0. The molecule has 0 unspecified atom stereocenters. The first kappa shape index (κ1) is 18.4. The molecule has 9 nitrogen and oxygen atoms in total. The van der Waals surface area contributed by atoms with Gasteiger partial charge in [-0.25, -0.2) is 9.97 Å². The Balaban J connectivity index is 1.41. The number of anilines is 3. The summed E-state index contributed by atoms with van der Waals surface area (Å²) in [6.45, 7) is 2.58. The van der Waals surface area contributed by atoms with E-state index in [1.807, 2.05) is 37.3 Å². The average molecular weight is 392 g/mol. The van der Waals surface area contributed by atoms with Crippen LogP contribution in [0.4, 0.5) is 17.3 Å². The van der Waals surface area contributed by atoms with Crippen LogP contribution in [0.3, 0.4) is 0 Å². The molecule has 0 saturated carbocycles. The van der Waals surface area contributed by atoms with Crippen molar-refractivity contribution in [3.63, 3.8) is 0 Å². The Morgan fingerprint density at radius 2 is 1.90 bits per heavy atom. The van der Waals surface area contributed by atoms with E-state index in [0.29, 0.717) is 35.2 Å². The minimum Gasteiger partial charge on any atom is -0.454 e. The second kappa shape index (κ2) is 7.93. The third-order valence-corrected chi connectivity index (χ3v) is 4.46. The third-order valence-electron chi connectivity index (χ3n) is 4.46. The molecule has 0 saturated heterocycles. The number of carbonyl (C=O) groups is 1. The van der Waals surface area contributed by atoms with E-state index < -0.39 is 0 Å². The fourth-order valence-corrected chi connectivity index (χ4v) is 2.88. The number of hydrogen-bond acceptors (Lipinski definition) is 8. The van der Waals surface area contributed by atoms with Gasteiger partial charge >= 0.3 is 0 Å². The molecule has 2 aromatic carbocycles. The van der Waals surface area contributed by atoms with E-state index >= 15 is 0 Å². The van der Waals surface area contributed by atoms with Gasteiger partial charge in [-0.3, -0.25) is 15.6 Å². The fraction of sp³-hybridized carbons (Fsp3) is 0.150. The first-order valence-corrected chi connectivity index (χ1v) is 8.96. The molecular formula is C20H20N6O3. The number of rotatable bonds is 6. The van der Waals surface area contributed by atoms with E-state index in [9.17, 15) is 4.79 Å². The van der Waals surface area contributed by atoms with Crippen molar-refractivity contribution in [2.45, 2.75) is 13.5 Å². The molecule has 5 N–H and O–H groups in total. The van der Waals surface area contributed by atoms with Crippen LogP contribution in [0.2, 0.25) is 0 Å².